The average Bonchev–Trinajstić information content (AvgIpc) is 3.34. The van der Waals surface area contributed by atoms with Gasteiger partial charge >= 0.3 is 0 Å². The van der Waals surface area contributed by atoms with Gasteiger partial charge < -0.3 is 10.6 Å². The molecule has 2 heterocycles. The molecule has 0 saturated carbocycles. The van der Waals surface area contributed by atoms with Crippen molar-refractivity contribution in [3.8, 4) is 11.1 Å². The second-order valence-electron chi connectivity index (χ2n) is 7.53. The number of rotatable bonds is 9. The summed E-state index contributed by atoms with van der Waals surface area (Å²) < 4.78 is 0. The van der Waals surface area contributed by atoms with Crippen molar-refractivity contribution < 1.29 is 9.59 Å². The fraction of sp³-hybridized carbons (Fsp3) is 0.304. The number of amides is 2. The number of hydrogen-bond donors (Lipinski definition) is 3. The Hall–Kier alpha value is -3.17. The second kappa shape index (κ2) is 10.9. The monoisotopic (exact) mass is 450 g/mol. The number of piperazine rings is 1. The lowest BCUT2D eigenvalue weighted by Crippen LogP contribution is -2.56. The third-order valence-corrected chi connectivity index (χ3v) is 6.20. The van der Waals surface area contributed by atoms with E-state index in [4.69, 9.17) is 0 Å². The molecule has 2 amide bonds. The first-order chi connectivity index (χ1) is 15.7. The van der Waals surface area contributed by atoms with Crippen molar-refractivity contribution >= 4 is 23.6 Å². The quantitative estimate of drug-likeness (QED) is 0.341. The number of nitrogens with zero attached hydrogens (tertiary/aromatic N) is 3. The number of H-pyrrole nitrogens is 1. The zero-order chi connectivity index (χ0) is 22.2. The van der Waals surface area contributed by atoms with E-state index in [-0.39, 0.29) is 18.2 Å². The Morgan fingerprint density at radius 1 is 1.12 bits per heavy atom. The van der Waals surface area contributed by atoms with Gasteiger partial charge in [-0.1, -0.05) is 66.4 Å². The smallest absolute Gasteiger partial charge is 0.237 e. The lowest BCUT2D eigenvalue weighted by atomic mass is 10.0. The maximum Gasteiger partial charge on any atom is 0.237 e. The Morgan fingerprint density at radius 2 is 1.91 bits per heavy atom. The molecule has 1 aliphatic heterocycles. The average molecular weight is 451 g/mol. The van der Waals surface area contributed by atoms with Gasteiger partial charge in [0, 0.05) is 31.9 Å². The summed E-state index contributed by atoms with van der Waals surface area (Å²) in [5, 5.41) is 13.1. The molecule has 0 spiro atoms. The molecular weight excluding hydrogens is 424 g/mol. The molecule has 3 aromatic rings. The molecule has 32 heavy (non-hydrogen) atoms. The summed E-state index contributed by atoms with van der Waals surface area (Å²) in [7, 11) is 0. The molecule has 1 unspecified atom stereocenters. The van der Waals surface area contributed by atoms with Gasteiger partial charge in [-0.15, -0.1) is 0 Å². The molecule has 2 aromatic carbocycles. The molecule has 1 fully saturated rings. The molecule has 1 aliphatic rings. The minimum atomic E-state index is -0.473. The van der Waals surface area contributed by atoms with Crippen molar-refractivity contribution in [2.75, 3.05) is 25.4 Å². The highest BCUT2D eigenvalue weighted by Gasteiger charge is 2.31. The van der Waals surface area contributed by atoms with Gasteiger partial charge in [0.2, 0.25) is 11.8 Å². The van der Waals surface area contributed by atoms with Gasteiger partial charge in [-0.3, -0.25) is 19.6 Å². The highest BCUT2D eigenvalue weighted by atomic mass is 32.2. The molecule has 1 saturated heterocycles. The summed E-state index contributed by atoms with van der Waals surface area (Å²) in [4.78, 5) is 31.1. The van der Waals surface area contributed by atoms with Crippen LogP contribution in [0.25, 0.3) is 11.1 Å². The molecule has 0 bridgehead atoms. The fourth-order valence-electron chi connectivity index (χ4n) is 3.69. The van der Waals surface area contributed by atoms with E-state index in [1.54, 1.807) is 0 Å². The zero-order valence-corrected chi connectivity index (χ0v) is 18.5. The van der Waals surface area contributed by atoms with Crippen LogP contribution >= 0.6 is 11.8 Å². The van der Waals surface area contributed by atoms with E-state index < -0.39 is 6.04 Å². The maximum absolute atomic E-state index is 12.5. The summed E-state index contributed by atoms with van der Waals surface area (Å²) in [6.45, 7) is 2.43. The fourth-order valence-corrected chi connectivity index (χ4v) is 4.33. The van der Waals surface area contributed by atoms with Crippen LogP contribution in [-0.2, 0) is 16.1 Å². The summed E-state index contributed by atoms with van der Waals surface area (Å²) in [6.07, 6.45) is 1.59. The number of aromatic amines is 1. The number of aromatic nitrogens is 3. The number of carbonyl (C=O) groups is 2. The van der Waals surface area contributed by atoms with Crippen molar-refractivity contribution in [3.63, 3.8) is 0 Å². The zero-order valence-electron chi connectivity index (χ0n) is 17.7. The summed E-state index contributed by atoms with van der Waals surface area (Å²) in [5.74, 6) is 0.452. The van der Waals surface area contributed by atoms with Gasteiger partial charge in [0.1, 0.15) is 6.33 Å². The Balaban J connectivity index is 1.31. The minimum Gasteiger partial charge on any atom is -0.355 e. The SMILES string of the molecule is O=C(CC1C(=O)NCCN1Cc1ccc(-c2ccccc2)cc1)NCCSc1ncn[nH]1. The number of benzene rings is 2. The van der Waals surface area contributed by atoms with Gasteiger partial charge in [-0.2, -0.15) is 5.10 Å². The first-order valence-electron chi connectivity index (χ1n) is 10.6. The van der Waals surface area contributed by atoms with E-state index >= 15 is 0 Å². The molecular formula is C23H26N6O2S. The van der Waals surface area contributed by atoms with Gasteiger partial charge in [-0.25, -0.2) is 4.98 Å². The Labute approximate surface area is 191 Å². The largest absolute Gasteiger partial charge is 0.355 e. The van der Waals surface area contributed by atoms with E-state index in [0.29, 0.717) is 31.9 Å². The molecule has 0 radical (unpaired) electrons. The number of thioether (sulfide) groups is 1. The van der Waals surface area contributed by atoms with Crippen LogP contribution in [0.1, 0.15) is 12.0 Å². The van der Waals surface area contributed by atoms with Crippen LogP contribution in [-0.4, -0.2) is 63.3 Å². The van der Waals surface area contributed by atoms with E-state index in [9.17, 15) is 9.59 Å². The first kappa shape index (κ1) is 22.0. The second-order valence-corrected chi connectivity index (χ2v) is 8.62. The van der Waals surface area contributed by atoms with Gasteiger partial charge in [-0.05, 0) is 16.7 Å². The molecule has 4 rings (SSSR count). The molecule has 166 valence electrons. The summed E-state index contributed by atoms with van der Waals surface area (Å²) in [6, 6.07) is 18.1. The standard InChI is InChI=1S/C23H26N6O2S/c30-21(24-11-13-32-23-26-16-27-28-23)14-20-22(31)25-10-12-29(20)15-17-6-8-19(9-7-17)18-4-2-1-3-5-18/h1-9,16,20H,10-15H2,(H,24,30)(H,25,31)(H,26,27,28). The van der Waals surface area contributed by atoms with E-state index in [2.05, 4.69) is 67.1 Å². The maximum atomic E-state index is 12.5. The van der Waals surface area contributed by atoms with Crippen molar-refractivity contribution in [3.05, 3.63) is 66.5 Å². The van der Waals surface area contributed by atoms with E-state index in [0.717, 1.165) is 16.3 Å². The van der Waals surface area contributed by atoms with Crippen LogP contribution in [0.3, 0.4) is 0 Å². The predicted octanol–water partition coefficient (Wildman–Crippen LogP) is 2.07. The van der Waals surface area contributed by atoms with Crippen LogP contribution in [0, 0.1) is 0 Å². The van der Waals surface area contributed by atoms with Crippen LogP contribution in [0.5, 0.6) is 0 Å². The third-order valence-electron chi connectivity index (χ3n) is 5.32. The lowest BCUT2D eigenvalue weighted by molar-refractivity contribution is -0.134. The lowest BCUT2D eigenvalue weighted by Gasteiger charge is -2.34. The number of carbonyl (C=O) groups excluding carboxylic acids is 2. The summed E-state index contributed by atoms with van der Waals surface area (Å²) >= 11 is 1.48. The predicted molar refractivity (Wildman–Crippen MR) is 124 cm³/mol. The van der Waals surface area contributed by atoms with Crippen molar-refractivity contribution in [1.82, 2.24) is 30.7 Å². The molecule has 3 N–H and O–H groups in total. The van der Waals surface area contributed by atoms with Crippen molar-refractivity contribution in [1.29, 1.82) is 0 Å². The van der Waals surface area contributed by atoms with Gasteiger partial charge in [0.05, 0.1) is 12.5 Å². The summed E-state index contributed by atoms with van der Waals surface area (Å²) in [5.41, 5.74) is 3.45. The molecule has 9 heteroatoms. The van der Waals surface area contributed by atoms with Crippen LogP contribution < -0.4 is 10.6 Å². The number of nitrogens with one attached hydrogen (secondary N) is 3. The molecule has 8 nitrogen and oxygen atoms in total. The topological polar surface area (TPSA) is 103 Å². The number of hydrogen-bond acceptors (Lipinski definition) is 6. The van der Waals surface area contributed by atoms with Gasteiger partial charge in [0.15, 0.2) is 5.16 Å². The van der Waals surface area contributed by atoms with Crippen LogP contribution in [0.15, 0.2) is 66.1 Å². The van der Waals surface area contributed by atoms with E-state index in [1.165, 1.54) is 23.7 Å². The van der Waals surface area contributed by atoms with Crippen molar-refractivity contribution in [2.45, 2.75) is 24.2 Å². The van der Waals surface area contributed by atoms with Crippen LogP contribution in [0.4, 0.5) is 0 Å². The molecule has 1 atom stereocenters. The van der Waals surface area contributed by atoms with Gasteiger partial charge in [0.25, 0.3) is 0 Å². The Kier molecular flexibility index (Phi) is 7.52. The van der Waals surface area contributed by atoms with E-state index in [1.807, 2.05) is 18.2 Å². The molecule has 0 aliphatic carbocycles. The van der Waals surface area contributed by atoms with Crippen LogP contribution in [0.2, 0.25) is 0 Å². The Morgan fingerprint density at radius 3 is 2.66 bits per heavy atom. The Bertz CT molecular complexity index is 1010. The van der Waals surface area contributed by atoms with Crippen molar-refractivity contribution in [2.24, 2.45) is 0 Å². The minimum absolute atomic E-state index is 0.0941. The highest BCUT2D eigenvalue weighted by Crippen LogP contribution is 2.21. The normalized spacial score (nSPS) is 16.5. The highest BCUT2D eigenvalue weighted by molar-refractivity contribution is 7.99. The third kappa shape index (κ3) is 5.95. The molecule has 1 aromatic heterocycles. The first-order valence-corrected chi connectivity index (χ1v) is 11.6.